The van der Waals surface area contributed by atoms with E-state index in [2.05, 4.69) is 10.3 Å². The summed E-state index contributed by atoms with van der Waals surface area (Å²) in [5.74, 6) is -0.263. The Bertz CT molecular complexity index is 587. The Morgan fingerprint density at radius 2 is 2.19 bits per heavy atom. The van der Waals surface area contributed by atoms with Gasteiger partial charge in [-0.15, -0.1) is 0 Å². The summed E-state index contributed by atoms with van der Waals surface area (Å²) in [5, 5.41) is 12.4. The maximum Gasteiger partial charge on any atom is 0.325 e. The zero-order valence-electron chi connectivity index (χ0n) is 11.8. The molecule has 0 aliphatic carbocycles. The molecule has 0 spiro atoms. The highest BCUT2D eigenvalue weighted by Gasteiger charge is 2.19. The fraction of sp³-hybridized carbons (Fsp3) is 0.250. The van der Waals surface area contributed by atoms with Crippen molar-refractivity contribution in [1.29, 1.82) is 0 Å². The van der Waals surface area contributed by atoms with Gasteiger partial charge in [0.1, 0.15) is 11.8 Å². The molecule has 0 saturated carbocycles. The number of benzene rings is 1. The Labute approximate surface area is 123 Å². The van der Waals surface area contributed by atoms with Crippen LogP contribution in [0.15, 0.2) is 48.7 Å². The summed E-state index contributed by atoms with van der Waals surface area (Å²) < 4.78 is 5.41. The topological polar surface area (TPSA) is 71.5 Å². The smallest absolute Gasteiger partial charge is 0.325 e. The van der Waals surface area contributed by atoms with Crippen LogP contribution in [-0.4, -0.2) is 22.7 Å². The average molecular weight is 286 g/mol. The molecular weight excluding hydrogens is 268 g/mol. The van der Waals surface area contributed by atoms with E-state index >= 15 is 0 Å². The van der Waals surface area contributed by atoms with Gasteiger partial charge in [-0.05, 0) is 36.8 Å². The van der Waals surface area contributed by atoms with Crippen molar-refractivity contribution in [3.63, 3.8) is 0 Å². The summed E-state index contributed by atoms with van der Waals surface area (Å²) in [5.41, 5.74) is 1.45. The Morgan fingerprint density at radius 3 is 2.86 bits per heavy atom. The van der Waals surface area contributed by atoms with Crippen LogP contribution in [0.1, 0.15) is 24.2 Å². The SMILES string of the molecule is CCOc1cccc(C(NCc2ccccn2)C(=O)O)c1. The molecule has 0 amide bonds. The maximum atomic E-state index is 11.5. The first-order chi connectivity index (χ1) is 10.2. The van der Waals surface area contributed by atoms with E-state index in [0.717, 1.165) is 5.69 Å². The highest BCUT2D eigenvalue weighted by atomic mass is 16.5. The third kappa shape index (κ3) is 4.29. The van der Waals surface area contributed by atoms with Gasteiger partial charge in [-0.25, -0.2) is 0 Å². The molecule has 0 saturated heterocycles. The van der Waals surface area contributed by atoms with E-state index < -0.39 is 12.0 Å². The molecule has 0 aliphatic rings. The van der Waals surface area contributed by atoms with Crippen molar-refractivity contribution >= 4 is 5.97 Å². The quantitative estimate of drug-likeness (QED) is 0.817. The number of aromatic nitrogens is 1. The Morgan fingerprint density at radius 1 is 1.33 bits per heavy atom. The van der Waals surface area contributed by atoms with E-state index in [-0.39, 0.29) is 0 Å². The van der Waals surface area contributed by atoms with Crippen molar-refractivity contribution in [2.75, 3.05) is 6.61 Å². The zero-order chi connectivity index (χ0) is 15.1. The molecule has 5 nitrogen and oxygen atoms in total. The fourth-order valence-electron chi connectivity index (χ4n) is 2.01. The van der Waals surface area contributed by atoms with Gasteiger partial charge in [0, 0.05) is 12.7 Å². The number of pyridine rings is 1. The second kappa shape index (κ2) is 7.40. The first kappa shape index (κ1) is 15.0. The number of aliphatic carboxylic acids is 1. The van der Waals surface area contributed by atoms with Crippen LogP contribution in [0.4, 0.5) is 0 Å². The number of hydrogen-bond donors (Lipinski definition) is 2. The van der Waals surface area contributed by atoms with Crippen LogP contribution in [0, 0.1) is 0 Å². The molecule has 1 heterocycles. The summed E-state index contributed by atoms with van der Waals surface area (Å²) in [4.78, 5) is 15.6. The maximum absolute atomic E-state index is 11.5. The van der Waals surface area contributed by atoms with Gasteiger partial charge in [-0.1, -0.05) is 18.2 Å². The van der Waals surface area contributed by atoms with Gasteiger partial charge in [-0.3, -0.25) is 15.1 Å². The minimum Gasteiger partial charge on any atom is -0.494 e. The van der Waals surface area contributed by atoms with Gasteiger partial charge in [0.15, 0.2) is 0 Å². The monoisotopic (exact) mass is 286 g/mol. The van der Waals surface area contributed by atoms with Crippen molar-refractivity contribution in [1.82, 2.24) is 10.3 Å². The third-order valence-electron chi connectivity index (χ3n) is 2.96. The first-order valence-electron chi connectivity index (χ1n) is 6.79. The van der Waals surface area contributed by atoms with Crippen LogP contribution in [0.5, 0.6) is 5.75 Å². The normalized spacial score (nSPS) is 11.9. The Balaban J connectivity index is 2.11. The number of nitrogens with one attached hydrogen (secondary N) is 1. The number of carboxylic acids is 1. The molecule has 2 aromatic rings. The van der Waals surface area contributed by atoms with Crippen molar-refractivity contribution in [3.05, 3.63) is 59.9 Å². The van der Waals surface area contributed by atoms with Gasteiger partial charge < -0.3 is 9.84 Å². The standard InChI is InChI=1S/C16H18N2O3/c1-2-21-14-8-5-6-12(10-14)15(16(19)20)18-11-13-7-3-4-9-17-13/h3-10,15,18H,2,11H2,1H3,(H,19,20). The number of carbonyl (C=O) groups is 1. The second-order valence-corrected chi connectivity index (χ2v) is 4.48. The number of ether oxygens (including phenoxy) is 1. The molecule has 0 fully saturated rings. The highest BCUT2D eigenvalue weighted by molar-refractivity contribution is 5.75. The molecule has 5 heteroatoms. The van der Waals surface area contributed by atoms with Gasteiger partial charge >= 0.3 is 5.97 Å². The van der Waals surface area contributed by atoms with Crippen molar-refractivity contribution < 1.29 is 14.6 Å². The second-order valence-electron chi connectivity index (χ2n) is 4.48. The van der Waals surface area contributed by atoms with Gasteiger partial charge in [0.2, 0.25) is 0 Å². The molecule has 21 heavy (non-hydrogen) atoms. The molecular formula is C16H18N2O3. The summed E-state index contributed by atoms with van der Waals surface area (Å²) >= 11 is 0. The van der Waals surface area contributed by atoms with Crippen LogP contribution in [0.3, 0.4) is 0 Å². The van der Waals surface area contributed by atoms with Gasteiger partial charge in [0.05, 0.1) is 12.3 Å². The Kier molecular flexibility index (Phi) is 5.29. The molecule has 0 aliphatic heterocycles. The number of rotatable bonds is 7. The molecule has 110 valence electrons. The van der Waals surface area contributed by atoms with E-state index in [4.69, 9.17) is 4.74 Å². The van der Waals surface area contributed by atoms with E-state index in [1.807, 2.05) is 31.2 Å². The predicted octanol–water partition coefficient (Wildman–Crippen LogP) is 2.40. The molecule has 1 aromatic heterocycles. The fourth-order valence-corrected chi connectivity index (χ4v) is 2.01. The van der Waals surface area contributed by atoms with Crippen molar-refractivity contribution in [2.45, 2.75) is 19.5 Å². The third-order valence-corrected chi connectivity index (χ3v) is 2.96. The van der Waals surface area contributed by atoms with Crippen LogP contribution < -0.4 is 10.1 Å². The molecule has 2 N–H and O–H groups in total. The molecule has 0 bridgehead atoms. The lowest BCUT2D eigenvalue weighted by Gasteiger charge is -2.15. The lowest BCUT2D eigenvalue weighted by Crippen LogP contribution is -2.28. The van der Waals surface area contributed by atoms with E-state index in [1.54, 1.807) is 24.4 Å². The van der Waals surface area contributed by atoms with Crippen molar-refractivity contribution in [2.24, 2.45) is 0 Å². The van der Waals surface area contributed by atoms with E-state index in [0.29, 0.717) is 24.5 Å². The van der Waals surface area contributed by atoms with E-state index in [1.165, 1.54) is 0 Å². The molecule has 1 unspecified atom stereocenters. The molecule has 1 atom stereocenters. The van der Waals surface area contributed by atoms with Crippen LogP contribution in [0.2, 0.25) is 0 Å². The van der Waals surface area contributed by atoms with Crippen LogP contribution >= 0.6 is 0 Å². The summed E-state index contributed by atoms with van der Waals surface area (Å²) in [6, 6.07) is 11.9. The van der Waals surface area contributed by atoms with Gasteiger partial charge in [-0.2, -0.15) is 0 Å². The predicted molar refractivity (Wildman–Crippen MR) is 79.1 cm³/mol. The van der Waals surface area contributed by atoms with Gasteiger partial charge in [0.25, 0.3) is 0 Å². The Hall–Kier alpha value is -2.40. The lowest BCUT2D eigenvalue weighted by molar-refractivity contribution is -0.139. The summed E-state index contributed by atoms with van der Waals surface area (Å²) in [6.07, 6.45) is 1.68. The minimum absolute atomic E-state index is 0.386. The van der Waals surface area contributed by atoms with Crippen LogP contribution in [0.25, 0.3) is 0 Å². The molecule has 0 radical (unpaired) electrons. The minimum atomic E-state index is -0.931. The largest absolute Gasteiger partial charge is 0.494 e. The van der Waals surface area contributed by atoms with E-state index in [9.17, 15) is 9.90 Å². The lowest BCUT2D eigenvalue weighted by atomic mass is 10.1. The molecule has 2 rings (SSSR count). The zero-order valence-corrected chi connectivity index (χ0v) is 11.8. The number of nitrogens with zero attached hydrogens (tertiary/aromatic N) is 1. The molecule has 1 aromatic carbocycles. The summed E-state index contributed by atoms with van der Waals surface area (Å²) in [6.45, 7) is 2.82. The first-order valence-corrected chi connectivity index (χ1v) is 6.79. The van der Waals surface area contributed by atoms with Crippen LogP contribution in [-0.2, 0) is 11.3 Å². The summed E-state index contributed by atoms with van der Waals surface area (Å²) in [7, 11) is 0. The number of hydrogen-bond acceptors (Lipinski definition) is 4. The number of carboxylic acid groups (broad SMARTS) is 1. The highest BCUT2D eigenvalue weighted by Crippen LogP contribution is 2.20. The average Bonchev–Trinajstić information content (AvgIpc) is 2.49. The van der Waals surface area contributed by atoms with Crippen molar-refractivity contribution in [3.8, 4) is 5.75 Å².